The molecule has 1 aromatic rings. The fourth-order valence-corrected chi connectivity index (χ4v) is 2.40. The summed E-state index contributed by atoms with van der Waals surface area (Å²) < 4.78 is 32.0. The van der Waals surface area contributed by atoms with Gasteiger partial charge in [0.05, 0.1) is 6.10 Å². The van der Waals surface area contributed by atoms with E-state index < -0.39 is 11.6 Å². The Kier molecular flexibility index (Phi) is 4.66. The number of rotatable bonds is 5. The first-order chi connectivity index (χ1) is 8.69. The summed E-state index contributed by atoms with van der Waals surface area (Å²) in [4.78, 5) is 0. The largest absolute Gasteiger partial charge is 0.378 e. The van der Waals surface area contributed by atoms with Crippen molar-refractivity contribution in [1.29, 1.82) is 0 Å². The molecule has 18 heavy (non-hydrogen) atoms. The van der Waals surface area contributed by atoms with E-state index in [-0.39, 0.29) is 12.1 Å². The number of hydrogen-bond acceptors (Lipinski definition) is 2. The Morgan fingerprint density at radius 1 is 1.44 bits per heavy atom. The zero-order chi connectivity index (χ0) is 13.0. The summed E-state index contributed by atoms with van der Waals surface area (Å²) in [7, 11) is 1.86. The van der Waals surface area contributed by atoms with Crippen LogP contribution in [-0.4, -0.2) is 25.8 Å². The average Bonchev–Trinajstić information content (AvgIpc) is 2.84. The van der Waals surface area contributed by atoms with Crippen LogP contribution >= 0.6 is 0 Å². The highest BCUT2D eigenvalue weighted by atomic mass is 19.1. The summed E-state index contributed by atoms with van der Waals surface area (Å²) in [6.07, 6.45) is 3.87. The lowest BCUT2D eigenvalue weighted by molar-refractivity contribution is 0.0953. The second-order valence-corrected chi connectivity index (χ2v) is 4.80. The predicted molar refractivity (Wildman–Crippen MR) is 66.5 cm³/mol. The van der Waals surface area contributed by atoms with Gasteiger partial charge in [0.1, 0.15) is 11.6 Å². The summed E-state index contributed by atoms with van der Waals surface area (Å²) in [5, 5.41) is 3.18. The van der Waals surface area contributed by atoms with E-state index in [1.165, 1.54) is 12.1 Å². The molecule has 2 unspecified atom stereocenters. The quantitative estimate of drug-likeness (QED) is 0.873. The minimum Gasteiger partial charge on any atom is -0.378 e. The number of nitrogens with one attached hydrogen (secondary N) is 1. The summed E-state index contributed by atoms with van der Waals surface area (Å²) >= 11 is 0. The molecule has 1 N–H and O–H groups in total. The number of benzene rings is 1. The van der Waals surface area contributed by atoms with Crippen molar-refractivity contribution < 1.29 is 13.5 Å². The molecule has 1 aliphatic rings. The van der Waals surface area contributed by atoms with Gasteiger partial charge in [0, 0.05) is 18.7 Å². The van der Waals surface area contributed by atoms with Crippen molar-refractivity contribution in [2.45, 2.75) is 37.8 Å². The maximum atomic E-state index is 13.6. The van der Waals surface area contributed by atoms with Gasteiger partial charge in [-0.1, -0.05) is 6.07 Å². The van der Waals surface area contributed by atoms with E-state index in [1.54, 1.807) is 0 Å². The van der Waals surface area contributed by atoms with Crippen LogP contribution in [0.2, 0.25) is 0 Å². The van der Waals surface area contributed by atoms with Crippen molar-refractivity contribution in [3.63, 3.8) is 0 Å². The first-order valence-electron chi connectivity index (χ1n) is 6.42. The third-order valence-electron chi connectivity index (χ3n) is 3.46. The normalized spacial score (nSPS) is 21.2. The van der Waals surface area contributed by atoms with Gasteiger partial charge in [-0.15, -0.1) is 0 Å². The third-order valence-corrected chi connectivity index (χ3v) is 3.46. The minimum atomic E-state index is -0.531. The van der Waals surface area contributed by atoms with Crippen LogP contribution in [0.1, 0.15) is 24.8 Å². The Balaban J connectivity index is 1.96. The zero-order valence-corrected chi connectivity index (χ0v) is 10.6. The Hall–Kier alpha value is -1.00. The van der Waals surface area contributed by atoms with Gasteiger partial charge in [-0.2, -0.15) is 0 Å². The summed E-state index contributed by atoms with van der Waals surface area (Å²) in [6.45, 7) is 0.825. The van der Waals surface area contributed by atoms with E-state index in [1.807, 2.05) is 7.05 Å². The second kappa shape index (κ2) is 6.25. The summed E-state index contributed by atoms with van der Waals surface area (Å²) in [5.41, 5.74) is 0.550. The van der Waals surface area contributed by atoms with Gasteiger partial charge in [0.15, 0.2) is 0 Å². The molecule has 4 heteroatoms. The van der Waals surface area contributed by atoms with Crippen LogP contribution in [0.15, 0.2) is 18.2 Å². The highest BCUT2D eigenvalue weighted by Crippen LogP contribution is 2.19. The van der Waals surface area contributed by atoms with Gasteiger partial charge in [0.25, 0.3) is 0 Å². The number of hydrogen-bond donors (Lipinski definition) is 1. The lowest BCUT2D eigenvalue weighted by Crippen LogP contribution is -2.32. The molecule has 1 aliphatic heterocycles. The van der Waals surface area contributed by atoms with E-state index in [9.17, 15) is 8.78 Å². The Bertz CT molecular complexity index is 391. The summed E-state index contributed by atoms with van der Waals surface area (Å²) in [5.74, 6) is -1.00. The third kappa shape index (κ3) is 3.50. The standard InChI is InChI=1S/C14H19F2NO/c1-17-12(9-13-3-2-6-18-13)7-10-4-5-11(15)8-14(10)16/h4-5,8,12-13,17H,2-3,6-7,9H2,1H3. The van der Waals surface area contributed by atoms with Crippen LogP contribution in [0.5, 0.6) is 0 Å². The smallest absolute Gasteiger partial charge is 0.129 e. The fraction of sp³-hybridized carbons (Fsp3) is 0.571. The van der Waals surface area contributed by atoms with Gasteiger partial charge in [-0.05, 0) is 44.4 Å². The fourth-order valence-electron chi connectivity index (χ4n) is 2.40. The Morgan fingerprint density at radius 3 is 2.89 bits per heavy atom. The van der Waals surface area contributed by atoms with Gasteiger partial charge in [-0.3, -0.25) is 0 Å². The van der Waals surface area contributed by atoms with Crippen LogP contribution in [-0.2, 0) is 11.2 Å². The van der Waals surface area contributed by atoms with Crippen molar-refractivity contribution in [1.82, 2.24) is 5.32 Å². The molecule has 0 saturated carbocycles. The molecule has 1 aromatic carbocycles. The van der Waals surface area contributed by atoms with Crippen molar-refractivity contribution in [2.75, 3.05) is 13.7 Å². The van der Waals surface area contributed by atoms with E-state index in [4.69, 9.17) is 4.74 Å². The maximum absolute atomic E-state index is 13.6. The van der Waals surface area contributed by atoms with Crippen LogP contribution in [0.4, 0.5) is 8.78 Å². The van der Waals surface area contributed by atoms with Gasteiger partial charge < -0.3 is 10.1 Å². The average molecular weight is 255 g/mol. The highest BCUT2D eigenvalue weighted by Gasteiger charge is 2.21. The second-order valence-electron chi connectivity index (χ2n) is 4.80. The molecule has 0 aromatic heterocycles. The molecule has 2 atom stereocenters. The number of likely N-dealkylation sites (N-methyl/N-ethyl adjacent to an activating group) is 1. The molecule has 0 radical (unpaired) electrons. The number of ether oxygens (including phenoxy) is 1. The minimum absolute atomic E-state index is 0.160. The molecular formula is C14H19F2NO. The molecule has 1 heterocycles. The summed E-state index contributed by atoms with van der Waals surface area (Å²) in [6, 6.07) is 3.92. The predicted octanol–water partition coefficient (Wildman–Crippen LogP) is 2.66. The van der Waals surface area contributed by atoms with E-state index in [0.29, 0.717) is 12.0 Å². The van der Waals surface area contributed by atoms with Gasteiger partial charge in [-0.25, -0.2) is 8.78 Å². The molecule has 1 saturated heterocycles. The topological polar surface area (TPSA) is 21.3 Å². The van der Waals surface area contributed by atoms with Crippen molar-refractivity contribution in [2.24, 2.45) is 0 Å². The zero-order valence-electron chi connectivity index (χ0n) is 10.6. The lowest BCUT2D eigenvalue weighted by Gasteiger charge is -2.20. The van der Waals surface area contributed by atoms with E-state index in [2.05, 4.69) is 5.32 Å². The van der Waals surface area contributed by atoms with Gasteiger partial charge >= 0.3 is 0 Å². The Labute approximate surface area is 106 Å². The molecule has 0 bridgehead atoms. The van der Waals surface area contributed by atoms with Crippen LogP contribution in [0.25, 0.3) is 0 Å². The molecule has 0 aliphatic carbocycles. The van der Waals surface area contributed by atoms with Gasteiger partial charge in [0.2, 0.25) is 0 Å². The molecule has 100 valence electrons. The molecule has 2 nitrogen and oxygen atoms in total. The number of halogens is 2. The molecule has 1 fully saturated rings. The van der Waals surface area contributed by atoms with Crippen LogP contribution in [0.3, 0.4) is 0 Å². The SMILES string of the molecule is CNC(Cc1ccc(F)cc1F)CC1CCCO1. The van der Waals surface area contributed by atoms with Crippen molar-refractivity contribution >= 4 is 0 Å². The molecule has 0 spiro atoms. The lowest BCUT2D eigenvalue weighted by atomic mass is 9.99. The first-order valence-corrected chi connectivity index (χ1v) is 6.42. The van der Waals surface area contributed by atoms with Crippen LogP contribution in [0, 0.1) is 11.6 Å². The van der Waals surface area contributed by atoms with Crippen molar-refractivity contribution in [3.05, 3.63) is 35.4 Å². The monoisotopic (exact) mass is 255 g/mol. The molecule has 2 rings (SSSR count). The molecule has 0 amide bonds. The van der Waals surface area contributed by atoms with E-state index >= 15 is 0 Å². The van der Waals surface area contributed by atoms with Crippen LogP contribution < -0.4 is 5.32 Å². The van der Waals surface area contributed by atoms with E-state index in [0.717, 1.165) is 31.9 Å². The first kappa shape index (κ1) is 13.4. The maximum Gasteiger partial charge on any atom is 0.129 e. The highest BCUT2D eigenvalue weighted by molar-refractivity contribution is 5.19. The Morgan fingerprint density at radius 2 is 2.28 bits per heavy atom. The van der Waals surface area contributed by atoms with Crippen molar-refractivity contribution in [3.8, 4) is 0 Å². The molecular weight excluding hydrogens is 236 g/mol.